The highest BCUT2D eigenvalue weighted by atomic mass is 16.5. The molecular formula is C27H25N5O4. The van der Waals surface area contributed by atoms with Crippen LogP contribution in [0.5, 0.6) is 17.2 Å². The maximum absolute atomic E-state index is 13.5. The Morgan fingerprint density at radius 3 is 2.22 bits per heavy atom. The first kappa shape index (κ1) is 23.0. The van der Waals surface area contributed by atoms with Crippen molar-refractivity contribution in [3.05, 3.63) is 77.9 Å². The van der Waals surface area contributed by atoms with Crippen molar-refractivity contribution in [2.75, 3.05) is 27.1 Å². The number of nitrogens with zero attached hydrogens (tertiary/aromatic N) is 3. The highest BCUT2D eigenvalue weighted by Crippen LogP contribution is 2.36. The molecule has 0 atom stereocenters. The fraction of sp³-hybridized carbons (Fsp3) is 0.148. The van der Waals surface area contributed by atoms with Gasteiger partial charge in [-0.1, -0.05) is 24.3 Å². The molecule has 182 valence electrons. The summed E-state index contributed by atoms with van der Waals surface area (Å²) in [4.78, 5) is 23.1. The van der Waals surface area contributed by atoms with Crippen molar-refractivity contribution >= 4 is 33.9 Å². The van der Waals surface area contributed by atoms with Gasteiger partial charge in [-0.05, 0) is 42.0 Å². The van der Waals surface area contributed by atoms with Crippen LogP contribution in [0, 0.1) is 0 Å². The van der Waals surface area contributed by atoms with Crippen LogP contribution < -0.4 is 25.3 Å². The highest BCUT2D eigenvalue weighted by molar-refractivity contribution is 6.11. The van der Waals surface area contributed by atoms with Crippen LogP contribution in [0.1, 0.15) is 15.9 Å². The molecule has 0 aliphatic heterocycles. The zero-order valence-electron chi connectivity index (χ0n) is 20.1. The van der Waals surface area contributed by atoms with E-state index in [-0.39, 0.29) is 17.3 Å². The third-order valence-corrected chi connectivity index (χ3v) is 5.96. The average molecular weight is 484 g/mol. The molecule has 9 heteroatoms. The van der Waals surface area contributed by atoms with Crippen molar-refractivity contribution in [2.24, 2.45) is 0 Å². The summed E-state index contributed by atoms with van der Waals surface area (Å²) >= 11 is 0. The standard InChI is InChI=1S/C27H25N5O4/c1-34-17-10-8-16(9-11-17)15-29-27(33)23-24-26(31-20-7-5-4-6-19(20)30-24)32(25(23)28)21-14-18(35-2)12-13-22(21)36-3/h4-14H,15,28H2,1-3H3,(H,29,33). The van der Waals surface area contributed by atoms with E-state index in [4.69, 9.17) is 29.9 Å². The van der Waals surface area contributed by atoms with Crippen LogP contribution >= 0.6 is 0 Å². The van der Waals surface area contributed by atoms with Gasteiger partial charge in [-0.25, -0.2) is 9.97 Å². The topological polar surface area (TPSA) is 114 Å². The van der Waals surface area contributed by atoms with E-state index in [0.29, 0.717) is 45.9 Å². The maximum atomic E-state index is 13.5. The second-order valence-corrected chi connectivity index (χ2v) is 8.05. The quantitative estimate of drug-likeness (QED) is 0.358. The number of nitrogen functional groups attached to an aromatic ring is 1. The number of para-hydroxylation sites is 2. The zero-order valence-corrected chi connectivity index (χ0v) is 20.1. The number of anilines is 1. The van der Waals surface area contributed by atoms with Crippen molar-refractivity contribution in [3.63, 3.8) is 0 Å². The monoisotopic (exact) mass is 483 g/mol. The molecule has 0 aliphatic rings. The molecule has 0 saturated heterocycles. The van der Waals surface area contributed by atoms with Crippen molar-refractivity contribution in [1.82, 2.24) is 19.9 Å². The lowest BCUT2D eigenvalue weighted by Crippen LogP contribution is -2.24. The molecule has 36 heavy (non-hydrogen) atoms. The number of hydrogen-bond donors (Lipinski definition) is 2. The molecule has 0 radical (unpaired) electrons. The van der Waals surface area contributed by atoms with Crippen LogP contribution in [-0.4, -0.2) is 41.8 Å². The van der Waals surface area contributed by atoms with Crippen LogP contribution in [0.3, 0.4) is 0 Å². The number of aromatic nitrogens is 3. The third-order valence-electron chi connectivity index (χ3n) is 5.96. The van der Waals surface area contributed by atoms with Crippen LogP contribution in [0.25, 0.3) is 27.9 Å². The highest BCUT2D eigenvalue weighted by Gasteiger charge is 2.26. The molecule has 2 aromatic heterocycles. The van der Waals surface area contributed by atoms with Gasteiger partial charge in [0.2, 0.25) is 0 Å². The average Bonchev–Trinajstić information content (AvgIpc) is 3.20. The Bertz CT molecular complexity index is 1580. The number of methoxy groups -OCH3 is 3. The largest absolute Gasteiger partial charge is 0.497 e. The Hall–Kier alpha value is -4.79. The van der Waals surface area contributed by atoms with Gasteiger partial charge in [-0.2, -0.15) is 0 Å². The summed E-state index contributed by atoms with van der Waals surface area (Å²) < 4.78 is 17.9. The minimum Gasteiger partial charge on any atom is -0.497 e. The number of hydrogen-bond acceptors (Lipinski definition) is 7. The number of amides is 1. The second-order valence-electron chi connectivity index (χ2n) is 8.05. The predicted molar refractivity (Wildman–Crippen MR) is 138 cm³/mol. The smallest absolute Gasteiger partial charge is 0.257 e. The Kier molecular flexibility index (Phi) is 6.03. The first-order valence-corrected chi connectivity index (χ1v) is 11.2. The Balaban J connectivity index is 1.66. The van der Waals surface area contributed by atoms with Crippen LogP contribution in [0.15, 0.2) is 66.7 Å². The van der Waals surface area contributed by atoms with Crippen LogP contribution in [0.2, 0.25) is 0 Å². The van der Waals surface area contributed by atoms with E-state index in [1.165, 1.54) is 0 Å². The van der Waals surface area contributed by atoms with E-state index in [1.54, 1.807) is 44.1 Å². The summed E-state index contributed by atoms with van der Waals surface area (Å²) in [5, 5.41) is 2.95. The molecule has 0 fully saturated rings. The number of carbonyl (C=O) groups excluding carboxylic acids is 1. The lowest BCUT2D eigenvalue weighted by atomic mass is 10.2. The summed E-state index contributed by atoms with van der Waals surface area (Å²) in [5.41, 5.74) is 10.5. The van der Waals surface area contributed by atoms with Crippen molar-refractivity contribution in [2.45, 2.75) is 6.54 Å². The molecule has 3 N–H and O–H groups in total. The van der Waals surface area contributed by atoms with Gasteiger partial charge >= 0.3 is 0 Å². The summed E-state index contributed by atoms with van der Waals surface area (Å²) in [5.74, 6) is 1.72. The summed E-state index contributed by atoms with van der Waals surface area (Å²) in [6.07, 6.45) is 0. The fourth-order valence-electron chi connectivity index (χ4n) is 4.11. The lowest BCUT2D eigenvalue weighted by Gasteiger charge is -2.14. The molecule has 0 saturated carbocycles. The number of rotatable bonds is 7. The van der Waals surface area contributed by atoms with E-state index in [9.17, 15) is 4.79 Å². The molecule has 2 heterocycles. The minimum atomic E-state index is -0.362. The minimum absolute atomic E-state index is 0.194. The summed E-state index contributed by atoms with van der Waals surface area (Å²) in [6.45, 7) is 0.304. The number of carbonyl (C=O) groups is 1. The van der Waals surface area contributed by atoms with Crippen molar-refractivity contribution < 1.29 is 19.0 Å². The van der Waals surface area contributed by atoms with E-state index >= 15 is 0 Å². The molecule has 5 aromatic rings. The molecular weight excluding hydrogens is 458 g/mol. The molecule has 0 bridgehead atoms. The number of fused-ring (bicyclic) bond motifs is 2. The van der Waals surface area contributed by atoms with E-state index in [0.717, 1.165) is 11.3 Å². The van der Waals surface area contributed by atoms with Crippen LogP contribution in [-0.2, 0) is 6.54 Å². The van der Waals surface area contributed by atoms with Gasteiger partial charge in [0.05, 0.1) is 38.1 Å². The molecule has 1 amide bonds. The molecule has 5 rings (SSSR count). The molecule has 0 unspecified atom stereocenters. The summed E-state index contributed by atoms with van der Waals surface area (Å²) in [7, 11) is 4.75. The molecule has 0 aliphatic carbocycles. The molecule has 0 spiro atoms. The summed E-state index contributed by atoms with van der Waals surface area (Å²) in [6, 6.07) is 20.3. The van der Waals surface area contributed by atoms with Gasteiger partial charge in [-0.15, -0.1) is 0 Å². The number of nitrogens with one attached hydrogen (secondary N) is 1. The van der Waals surface area contributed by atoms with E-state index < -0.39 is 0 Å². The molecule has 9 nitrogen and oxygen atoms in total. The maximum Gasteiger partial charge on any atom is 0.257 e. The number of nitrogens with two attached hydrogens (primary N) is 1. The Morgan fingerprint density at radius 2 is 1.56 bits per heavy atom. The van der Waals surface area contributed by atoms with Crippen LogP contribution in [0.4, 0.5) is 5.82 Å². The Morgan fingerprint density at radius 1 is 0.889 bits per heavy atom. The Labute approximate surface area is 207 Å². The SMILES string of the molecule is COc1ccc(CNC(=O)c2c(N)n(-c3cc(OC)ccc3OC)c3nc4ccccc4nc23)cc1. The second kappa shape index (κ2) is 9.46. The first-order chi connectivity index (χ1) is 17.5. The van der Waals surface area contributed by atoms with Gasteiger partial charge in [0, 0.05) is 12.6 Å². The van der Waals surface area contributed by atoms with Gasteiger partial charge in [0.1, 0.15) is 34.1 Å². The fourth-order valence-corrected chi connectivity index (χ4v) is 4.11. The van der Waals surface area contributed by atoms with Gasteiger partial charge in [0.25, 0.3) is 5.91 Å². The van der Waals surface area contributed by atoms with Crippen molar-refractivity contribution in [3.8, 4) is 22.9 Å². The third kappa shape index (κ3) is 4.00. The zero-order chi connectivity index (χ0) is 25.2. The first-order valence-electron chi connectivity index (χ1n) is 11.2. The van der Waals surface area contributed by atoms with Gasteiger partial charge in [0.15, 0.2) is 5.65 Å². The predicted octanol–water partition coefficient (Wildman–Crippen LogP) is 4.11. The van der Waals surface area contributed by atoms with E-state index in [1.807, 2.05) is 48.5 Å². The van der Waals surface area contributed by atoms with E-state index in [2.05, 4.69) is 5.32 Å². The lowest BCUT2D eigenvalue weighted by molar-refractivity contribution is 0.0953. The number of benzene rings is 3. The van der Waals surface area contributed by atoms with Gasteiger partial charge < -0.3 is 25.3 Å². The normalized spacial score (nSPS) is 11.0. The van der Waals surface area contributed by atoms with Crippen molar-refractivity contribution in [1.29, 1.82) is 0 Å². The molecule has 3 aromatic carbocycles. The number of ether oxygens (including phenoxy) is 3. The van der Waals surface area contributed by atoms with Gasteiger partial charge in [-0.3, -0.25) is 9.36 Å².